The van der Waals surface area contributed by atoms with Gasteiger partial charge in [0.25, 0.3) is 5.91 Å². The van der Waals surface area contributed by atoms with Crippen molar-refractivity contribution in [3.63, 3.8) is 0 Å². The Hall–Kier alpha value is -2.96. The molecule has 0 aliphatic carbocycles. The van der Waals surface area contributed by atoms with E-state index in [4.69, 9.17) is 9.47 Å². The van der Waals surface area contributed by atoms with E-state index in [9.17, 15) is 4.79 Å². The topological polar surface area (TPSA) is 52.8 Å². The first-order chi connectivity index (χ1) is 14.2. The summed E-state index contributed by atoms with van der Waals surface area (Å²) in [7, 11) is 1.65. The molecule has 4 rings (SSSR count). The number of carbonyl (C=O) groups is 1. The second-order valence-electron chi connectivity index (χ2n) is 6.52. The van der Waals surface area contributed by atoms with E-state index in [0.29, 0.717) is 30.1 Å². The van der Waals surface area contributed by atoms with Gasteiger partial charge in [-0.05, 0) is 42.0 Å². The van der Waals surface area contributed by atoms with Crippen molar-refractivity contribution >= 4 is 38.2 Å². The molecule has 0 aliphatic heterocycles. The molecular formula is C23H22N2O3S. The number of hydrogen-bond donors (Lipinski definition) is 0. The van der Waals surface area contributed by atoms with E-state index in [1.165, 1.54) is 11.3 Å². The van der Waals surface area contributed by atoms with Gasteiger partial charge in [0.05, 0.1) is 18.4 Å². The molecule has 1 heterocycles. The van der Waals surface area contributed by atoms with Crippen molar-refractivity contribution in [2.24, 2.45) is 4.99 Å². The first kappa shape index (κ1) is 19.4. The first-order valence-electron chi connectivity index (χ1n) is 9.53. The molecule has 5 nitrogen and oxygen atoms in total. The third kappa shape index (κ3) is 3.95. The molecule has 3 aromatic carbocycles. The summed E-state index contributed by atoms with van der Waals surface area (Å²) in [5.74, 6) is 0.501. The molecular weight excluding hydrogens is 384 g/mol. The number of methoxy groups -OCH3 is 1. The third-order valence-electron chi connectivity index (χ3n) is 4.74. The van der Waals surface area contributed by atoms with Gasteiger partial charge in [0.1, 0.15) is 11.3 Å². The van der Waals surface area contributed by atoms with Gasteiger partial charge in [0.15, 0.2) is 4.80 Å². The van der Waals surface area contributed by atoms with Crippen LogP contribution >= 0.6 is 11.3 Å². The van der Waals surface area contributed by atoms with Crippen LogP contribution in [0.1, 0.15) is 17.3 Å². The van der Waals surface area contributed by atoms with Gasteiger partial charge in [0, 0.05) is 18.7 Å². The molecule has 0 saturated heterocycles. The Kier molecular flexibility index (Phi) is 5.74. The lowest BCUT2D eigenvalue weighted by atomic mass is 10.1. The fraction of sp³-hybridized carbons (Fsp3) is 0.217. The van der Waals surface area contributed by atoms with E-state index >= 15 is 0 Å². The summed E-state index contributed by atoms with van der Waals surface area (Å²) < 4.78 is 14.1. The summed E-state index contributed by atoms with van der Waals surface area (Å²) in [6.07, 6.45) is 0. The number of fused-ring (bicyclic) bond motifs is 2. The number of thiazole rings is 1. The summed E-state index contributed by atoms with van der Waals surface area (Å²) in [5, 5.41) is 2.12. The number of carbonyl (C=O) groups excluding carboxylic acids is 1. The fourth-order valence-electron chi connectivity index (χ4n) is 3.33. The third-order valence-corrected chi connectivity index (χ3v) is 5.78. The minimum Gasteiger partial charge on any atom is -0.495 e. The van der Waals surface area contributed by atoms with Crippen molar-refractivity contribution in [2.75, 3.05) is 20.3 Å². The van der Waals surface area contributed by atoms with Crippen molar-refractivity contribution in [1.82, 2.24) is 4.57 Å². The van der Waals surface area contributed by atoms with Crippen LogP contribution in [-0.2, 0) is 11.3 Å². The number of nitrogens with zero attached hydrogens (tertiary/aromatic N) is 2. The van der Waals surface area contributed by atoms with Crippen LogP contribution in [-0.4, -0.2) is 30.8 Å². The van der Waals surface area contributed by atoms with Crippen LogP contribution in [0.5, 0.6) is 5.75 Å². The monoisotopic (exact) mass is 406 g/mol. The Balaban J connectivity index is 1.81. The molecule has 4 aromatic rings. The van der Waals surface area contributed by atoms with Crippen LogP contribution in [0.3, 0.4) is 0 Å². The lowest BCUT2D eigenvalue weighted by Crippen LogP contribution is -2.20. The van der Waals surface area contributed by atoms with Gasteiger partial charge in [-0.1, -0.05) is 47.7 Å². The van der Waals surface area contributed by atoms with E-state index in [0.717, 1.165) is 26.7 Å². The number of hydrogen-bond acceptors (Lipinski definition) is 4. The molecule has 0 fully saturated rings. The average molecular weight is 407 g/mol. The average Bonchev–Trinajstić information content (AvgIpc) is 3.10. The quantitative estimate of drug-likeness (QED) is 0.438. The van der Waals surface area contributed by atoms with E-state index < -0.39 is 0 Å². The van der Waals surface area contributed by atoms with E-state index in [1.54, 1.807) is 7.11 Å². The summed E-state index contributed by atoms with van der Waals surface area (Å²) in [6, 6.07) is 19.5. The van der Waals surface area contributed by atoms with Crippen molar-refractivity contribution in [3.8, 4) is 5.75 Å². The van der Waals surface area contributed by atoms with Crippen molar-refractivity contribution in [1.29, 1.82) is 0 Å². The highest BCUT2D eigenvalue weighted by Crippen LogP contribution is 2.27. The summed E-state index contributed by atoms with van der Waals surface area (Å²) in [5.41, 5.74) is 1.51. The van der Waals surface area contributed by atoms with E-state index in [-0.39, 0.29) is 5.91 Å². The minimum atomic E-state index is -0.258. The molecule has 1 aromatic heterocycles. The maximum Gasteiger partial charge on any atom is 0.279 e. The van der Waals surface area contributed by atoms with Crippen LogP contribution in [0.4, 0.5) is 0 Å². The number of ether oxygens (including phenoxy) is 2. The lowest BCUT2D eigenvalue weighted by molar-refractivity contribution is 0.0996. The minimum absolute atomic E-state index is 0.258. The molecule has 0 bridgehead atoms. The van der Waals surface area contributed by atoms with E-state index in [2.05, 4.69) is 4.99 Å². The highest BCUT2D eigenvalue weighted by Gasteiger charge is 2.13. The Labute approximate surface area is 172 Å². The molecule has 0 aliphatic rings. The molecule has 0 N–H and O–H groups in total. The highest BCUT2D eigenvalue weighted by atomic mass is 32.1. The van der Waals surface area contributed by atoms with Crippen LogP contribution in [0, 0.1) is 0 Å². The number of benzene rings is 3. The number of aromatic nitrogens is 1. The summed E-state index contributed by atoms with van der Waals surface area (Å²) in [4.78, 5) is 18.0. The van der Waals surface area contributed by atoms with Gasteiger partial charge in [-0.25, -0.2) is 0 Å². The zero-order chi connectivity index (χ0) is 20.2. The largest absolute Gasteiger partial charge is 0.495 e. The van der Waals surface area contributed by atoms with Crippen molar-refractivity contribution in [3.05, 3.63) is 71.0 Å². The van der Waals surface area contributed by atoms with Crippen LogP contribution in [0.25, 0.3) is 21.0 Å². The predicted molar refractivity (Wildman–Crippen MR) is 117 cm³/mol. The van der Waals surface area contributed by atoms with E-state index in [1.807, 2.05) is 72.2 Å². The molecule has 0 atom stereocenters. The van der Waals surface area contributed by atoms with Crippen molar-refractivity contribution < 1.29 is 14.3 Å². The molecule has 0 unspecified atom stereocenters. The second-order valence-corrected chi connectivity index (χ2v) is 7.53. The zero-order valence-electron chi connectivity index (χ0n) is 16.4. The molecule has 6 heteroatoms. The SMILES string of the molecule is CCOCCn1c(=NC(=O)c2ccc3ccccc3c2)sc2cccc(OC)c21. The Bertz CT molecular complexity index is 1240. The standard InChI is InChI=1S/C23H22N2O3S/c1-3-28-14-13-25-21-19(27-2)9-6-10-20(21)29-23(25)24-22(26)18-12-11-16-7-4-5-8-17(16)15-18/h4-12,15H,3,13-14H2,1-2H3. The van der Waals surface area contributed by atoms with Gasteiger partial charge in [-0.15, -0.1) is 0 Å². The van der Waals surface area contributed by atoms with Crippen molar-refractivity contribution in [2.45, 2.75) is 13.5 Å². The smallest absolute Gasteiger partial charge is 0.279 e. The highest BCUT2D eigenvalue weighted by molar-refractivity contribution is 7.16. The molecule has 0 radical (unpaired) electrons. The molecule has 29 heavy (non-hydrogen) atoms. The fourth-order valence-corrected chi connectivity index (χ4v) is 4.40. The Morgan fingerprint density at radius 1 is 1.07 bits per heavy atom. The summed E-state index contributed by atoms with van der Waals surface area (Å²) >= 11 is 1.48. The van der Waals surface area contributed by atoms with Crippen LogP contribution < -0.4 is 9.54 Å². The predicted octanol–water partition coefficient (Wildman–Crippen LogP) is 4.64. The van der Waals surface area contributed by atoms with Gasteiger partial charge in [0.2, 0.25) is 0 Å². The van der Waals surface area contributed by atoms with Crippen LogP contribution in [0.2, 0.25) is 0 Å². The number of para-hydroxylation sites is 1. The molecule has 1 amide bonds. The van der Waals surface area contributed by atoms with Gasteiger partial charge >= 0.3 is 0 Å². The van der Waals surface area contributed by atoms with Gasteiger partial charge in [-0.2, -0.15) is 4.99 Å². The van der Waals surface area contributed by atoms with Gasteiger partial charge < -0.3 is 14.0 Å². The molecule has 148 valence electrons. The molecule has 0 spiro atoms. The van der Waals surface area contributed by atoms with Crippen LogP contribution in [0.15, 0.2) is 65.7 Å². The maximum atomic E-state index is 12.9. The number of rotatable bonds is 6. The zero-order valence-corrected chi connectivity index (χ0v) is 17.2. The first-order valence-corrected chi connectivity index (χ1v) is 10.3. The normalized spacial score (nSPS) is 12.0. The maximum absolute atomic E-state index is 12.9. The molecule has 0 saturated carbocycles. The summed E-state index contributed by atoms with van der Waals surface area (Å²) in [6.45, 7) is 3.74. The Morgan fingerprint density at radius 3 is 2.69 bits per heavy atom. The number of amides is 1. The van der Waals surface area contributed by atoms with Gasteiger partial charge in [-0.3, -0.25) is 4.79 Å². The second kappa shape index (κ2) is 8.59. The lowest BCUT2D eigenvalue weighted by Gasteiger charge is -2.08. The Morgan fingerprint density at radius 2 is 1.90 bits per heavy atom.